The highest BCUT2D eigenvalue weighted by Gasteiger charge is 2.49. The van der Waals surface area contributed by atoms with Gasteiger partial charge in [0.25, 0.3) is 11.7 Å². The largest absolute Gasteiger partial charge is 0.507 e. The van der Waals surface area contributed by atoms with Crippen LogP contribution in [-0.2, 0) is 9.59 Å². The number of rotatable bonds is 6. The van der Waals surface area contributed by atoms with Gasteiger partial charge in [-0.25, -0.2) is 0 Å². The predicted octanol–water partition coefficient (Wildman–Crippen LogP) is 6.27. The Balaban J connectivity index is 1.63. The van der Waals surface area contributed by atoms with E-state index in [9.17, 15) is 14.7 Å². The van der Waals surface area contributed by atoms with Gasteiger partial charge < -0.3 is 19.7 Å². The lowest BCUT2D eigenvalue weighted by atomic mass is 9.90. The van der Waals surface area contributed by atoms with E-state index in [-0.39, 0.29) is 17.4 Å². The van der Waals surface area contributed by atoms with Crippen LogP contribution < -0.4 is 4.74 Å². The van der Waals surface area contributed by atoms with Crippen molar-refractivity contribution in [3.8, 4) is 5.75 Å². The average Bonchev–Trinajstić information content (AvgIpc) is 3.41. The normalized spacial score (nSPS) is 20.6. The van der Waals surface area contributed by atoms with Crippen molar-refractivity contribution in [2.45, 2.75) is 65.0 Å². The number of aryl methyl sites for hydroxylation is 1. The summed E-state index contributed by atoms with van der Waals surface area (Å²) in [4.78, 5) is 32.0. The van der Waals surface area contributed by atoms with Gasteiger partial charge in [-0.1, -0.05) is 51.3 Å². The Morgan fingerprint density at radius 1 is 1.11 bits per heavy atom. The number of ether oxygens (including phenoxy) is 1. The summed E-state index contributed by atoms with van der Waals surface area (Å²) in [7, 11) is 0. The zero-order chi connectivity index (χ0) is 25.4. The number of carbonyl (C=O) groups excluding carboxylic acids is 2. The van der Waals surface area contributed by atoms with Crippen LogP contribution in [0.25, 0.3) is 16.7 Å². The fourth-order valence-corrected chi connectivity index (χ4v) is 5.58. The zero-order valence-electron chi connectivity index (χ0n) is 21.2. The van der Waals surface area contributed by atoms with E-state index in [1.165, 1.54) is 0 Å². The molecule has 1 atom stereocenters. The molecule has 1 saturated heterocycles. The van der Waals surface area contributed by atoms with Gasteiger partial charge in [0, 0.05) is 34.3 Å². The molecule has 1 saturated carbocycles. The predicted molar refractivity (Wildman–Crippen MR) is 141 cm³/mol. The monoisotopic (exact) mass is 486 g/mol. The molecule has 5 rings (SSSR count). The highest BCUT2D eigenvalue weighted by Crippen LogP contribution is 2.45. The first kappa shape index (κ1) is 24.2. The van der Waals surface area contributed by atoms with Crippen molar-refractivity contribution in [2.75, 3.05) is 6.61 Å². The van der Waals surface area contributed by atoms with Crippen LogP contribution in [0.3, 0.4) is 0 Å². The van der Waals surface area contributed by atoms with Crippen molar-refractivity contribution in [2.24, 2.45) is 5.92 Å². The molecule has 2 heterocycles. The van der Waals surface area contributed by atoms with Crippen molar-refractivity contribution in [1.29, 1.82) is 0 Å². The number of ketones is 1. The van der Waals surface area contributed by atoms with E-state index in [1.807, 2.05) is 49.5 Å². The lowest BCUT2D eigenvalue weighted by Gasteiger charge is -2.35. The summed E-state index contributed by atoms with van der Waals surface area (Å²) in [5, 5.41) is 12.5. The van der Waals surface area contributed by atoms with Crippen molar-refractivity contribution in [1.82, 2.24) is 9.88 Å². The SMILES string of the molecule is Cc1cc(/C(O)=C2\C(=O)C(=O)N(C3CCCCC3)C2c2c[nH]c3ccccc23)ccc1OCC(C)C. The van der Waals surface area contributed by atoms with Crippen LogP contribution in [0.5, 0.6) is 5.75 Å². The summed E-state index contributed by atoms with van der Waals surface area (Å²) < 4.78 is 5.89. The molecule has 2 fully saturated rings. The first-order valence-corrected chi connectivity index (χ1v) is 13.0. The first-order chi connectivity index (χ1) is 17.4. The van der Waals surface area contributed by atoms with Gasteiger partial charge in [0.2, 0.25) is 0 Å². The molecule has 0 bridgehead atoms. The second kappa shape index (κ2) is 9.84. The average molecular weight is 487 g/mol. The lowest BCUT2D eigenvalue weighted by molar-refractivity contribution is -0.141. The minimum atomic E-state index is -0.638. The fourth-order valence-electron chi connectivity index (χ4n) is 5.58. The van der Waals surface area contributed by atoms with Gasteiger partial charge in [-0.3, -0.25) is 9.59 Å². The number of Topliss-reactive ketones (excluding diaryl/α,β-unsaturated/α-hetero) is 1. The quantitative estimate of drug-likeness (QED) is 0.245. The van der Waals surface area contributed by atoms with E-state index in [0.29, 0.717) is 18.1 Å². The lowest BCUT2D eigenvalue weighted by Crippen LogP contribution is -2.40. The zero-order valence-corrected chi connectivity index (χ0v) is 21.2. The molecule has 36 heavy (non-hydrogen) atoms. The third-order valence-electron chi connectivity index (χ3n) is 7.38. The molecule has 2 aliphatic rings. The van der Waals surface area contributed by atoms with Gasteiger partial charge in [0.05, 0.1) is 18.2 Å². The maximum absolute atomic E-state index is 13.5. The molecular weight excluding hydrogens is 452 g/mol. The first-order valence-electron chi connectivity index (χ1n) is 13.0. The summed E-state index contributed by atoms with van der Waals surface area (Å²) >= 11 is 0. The molecule has 2 N–H and O–H groups in total. The number of aliphatic hydroxyl groups excluding tert-OH is 1. The molecule has 0 spiro atoms. The van der Waals surface area contributed by atoms with Crippen molar-refractivity contribution >= 4 is 28.4 Å². The number of likely N-dealkylation sites (tertiary alicyclic amines) is 1. The number of hydrogen-bond acceptors (Lipinski definition) is 4. The summed E-state index contributed by atoms with van der Waals surface area (Å²) in [6, 6.07) is 12.6. The van der Waals surface area contributed by atoms with Crippen LogP contribution in [0.2, 0.25) is 0 Å². The van der Waals surface area contributed by atoms with Gasteiger partial charge in [0.1, 0.15) is 11.5 Å². The molecule has 6 nitrogen and oxygen atoms in total. The van der Waals surface area contributed by atoms with Gasteiger partial charge in [0.15, 0.2) is 0 Å². The van der Waals surface area contributed by atoms with Gasteiger partial charge in [-0.2, -0.15) is 0 Å². The number of nitrogens with one attached hydrogen (secondary N) is 1. The Bertz CT molecular complexity index is 1330. The number of H-pyrrole nitrogens is 1. The molecule has 1 aliphatic carbocycles. The molecule has 0 radical (unpaired) electrons. The highest BCUT2D eigenvalue weighted by atomic mass is 16.5. The number of aromatic amines is 1. The second-order valence-electron chi connectivity index (χ2n) is 10.5. The minimum Gasteiger partial charge on any atom is -0.507 e. The van der Waals surface area contributed by atoms with Crippen LogP contribution in [0, 0.1) is 12.8 Å². The van der Waals surface area contributed by atoms with E-state index in [1.54, 1.807) is 11.0 Å². The van der Waals surface area contributed by atoms with Crippen LogP contribution in [0.1, 0.15) is 68.7 Å². The van der Waals surface area contributed by atoms with E-state index in [4.69, 9.17) is 4.74 Å². The van der Waals surface area contributed by atoms with Gasteiger partial charge in [-0.15, -0.1) is 0 Å². The number of para-hydroxylation sites is 1. The Hall–Kier alpha value is -3.54. The van der Waals surface area contributed by atoms with E-state index >= 15 is 0 Å². The molecule has 188 valence electrons. The number of fused-ring (bicyclic) bond motifs is 1. The second-order valence-corrected chi connectivity index (χ2v) is 10.5. The molecule has 1 aliphatic heterocycles. The number of aliphatic hydroxyl groups is 1. The molecule has 1 amide bonds. The van der Waals surface area contributed by atoms with Crippen LogP contribution in [-0.4, -0.2) is 39.3 Å². The van der Waals surface area contributed by atoms with E-state index < -0.39 is 17.7 Å². The van der Waals surface area contributed by atoms with Crippen LogP contribution in [0.15, 0.2) is 54.2 Å². The molecule has 6 heteroatoms. The number of hydrogen-bond donors (Lipinski definition) is 2. The maximum Gasteiger partial charge on any atom is 0.295 e. The molecular formula is C30H34N2O4. The summed E-state index contributed by atoms with van der Waals surface area (Å²) in [5.41, 5.74) is 3.31. The minimum absolute atomic E-state index is 0.0206. The topological polar surface area (TPSA) is 82.6 Å². The molecule has 1 unspecified atom stereocenters. The maximum atomic E-state index is 13.5. The van der Waals surface area contributed by atoms with Crippen LogP contribution >= 0.6 is 0 Å². The number of aromatic nitrogens is 1. The molecule has 2 aromatic carbocycles. The third kappa shape index (κ3) is 4.29. The highest BCUT2D eigenvalue weighted by molar-refractivity contribution is 6.46. The van der Waals surface area contributed by atoms with E-state index in [0.717, 1.165) is 59.9 Å². The summed E-state index contributed by atoms with van der Waals surface area (Å²) in [5.74, 6) is -0.139. The fraction of sp³-hybridized carbons (Fsp3) is 0.400. The number of amides is 1. The van der Waals surface area contributed by atoms with Crippen molar-refractivity contribution in [3.63, 3.8) is 0 Å². The smallest absolute Gasteiger partial charge is 0.295 e. The Morgan fingerprint density at radius 2 is 1.86 bits per heavy atom. The van der Waals surface area contributed by atoms with Gasteiger partial charge in [-0.05, 0) is 55.5 Å². The Kier molecular flexibility index (Phi) is 6.61. The van der Waals surface area contributed by atoms with Gasteiger partial charge >= 0.3 is 0 Å². The van der Waals surface area contributed by atoms with E-state index in [2.05, 4.69) is 18.8 Å². The number of nitrogens with zero attached hydrogens (tertiary/aromatic N) is 1. The Labute approximate surface area is 212 Å². The third-order valence-corrected chi connectivity index (χ3v) is 7.38. The van der Waals surface area contributed by atoms with Crippen LogP contribution in [0.4, 0.5) is 0 Å². The number of carbonyl (C=O) groups is 2. The number of benzene rings is 2. The standard InChI is InChI=1S/C30H34N2O4/c1-18(2)17-36-25-14-13-20(15-19(25)3)28(33)26-27(23-16-31-24-12-8-7-11-22(23)24)32(30(35)29(26)34)21-9-5-4-6-10-21/h7-8,11-16,18,21,27,31,33H,4-6,9-10,17H2,1-3H3/b28-26+. The van der Waals surface area contributed by atoms with Crippen molar-refractivity contribution < 1.29 is 19.4 Å². The van der Waals surface area contributed by atoms with Crippen molar-refractivity contribution in [3.05, 3.63) is 70.9 Å². The Morgan fingerprint density at radius 3 is 2.58 bits per heavy atom. The molecule has 1 aromatic heterocycles. The summed E-state index contributed by atoms with van der Waals surface area (Å²) in [6.07, 6.45) is 6.82. The molecule has 3 aromatic rings. The summed E-state index contributed by atoms with van der Waals surface area (Å²) in [6.45, 7) is 6.70.